The summed E-state index contributed by atoms with van der Waals surface area (Å²) < 4.78 is 10.6. The second-order valence-corrected chi connectivity index (χ2v) is 3.54. The van der Waals surface area contributed by atoms with E-state index in [1.807, 2.05) is 12.1 Å². The van der Waals surface area contributed by atoms with Crippen LogP contribution in [0.4, 0.5) is 6.01 Å². The standard InChI is InChI=1S/C11H15N3O2/c1-2-3-6-10-13-14-11(16-10)12-8-9-5-4-7-15-9/h4-5,7H,2-3,6,8H2,1H3,(H,12,14). The van der Waals surface area contributed by atoms with Crippen molar-refractivity contribution in [3.8, 4) is 0 Å². The lowest BCUT2D eigenvalue weighted by atomic mass is 10.2. The first kappa shape index (κ1) is 10.7. The first-order valence-electron chi connectivity index (χ1n) is 5.47. The number of unbranched alkanes of at least 4 members (excludes halogenated alkanes) is 1. The number of hydrogen-bond donors (Lipinski definition) is 1. The van der Waals surface area contributed by atoms with E-state index >= 15 is 0 Å². The molecule has 86 valence electrons. The molecule has 0 saturated carbocycles. The average Bonchev–Trinajstić information content (AvgIpc) is 2.95. The molecule has 0 aromatic carbocycles. The van der Waals surface area contributed by atoms with Crippen LogP contribution in [0.3, 0.4) is 0 Å². The van der Waals surface area contributed by atoms with Gasteiger partial charge in [0.25, 0.3) is 0 Å². The maximum Gasteiger partial charge on any atom is 0.315 e. The van der Waals surface area contributed by atoms with Crippen molar-refractivity contribution in [1.82, 2.24) is 10.2 Å². The van der Waals surface area contributed by atoms with Gasteiger partial charge in [0, 0.05) is 6.42 Å². The molecule has 0 fully saturated rings. The Kier molecular flexibility index (Phi) is 3.58. The number of furan rings is 1. The van der Waals surface area contributed by atoms with E-state index in [0.717, 1.165) is 25.0 Å². The molecule has 0 aliphatic carbocycles. The Morgan fingerprint density at radius 3 is 3.06 bits per heavy atom. The molecule has 0 bridgehead atoms. The van der Waals surface area contributed by atoms with Crippen LogP contribution < -0.4 is 5.32 Å². The van der Waals surface area contributed by atoms with Crippen LogP contribution in [0.2, 0.25) is 0 Å². The zero-order valence-electron chi connectivity index (χ0n) is 9.27. The van der Waals surface area contributed by atoms with Crippen molar-refractivity contribution in [3.05, 3.63) is 30.0 Å². The van der Waals surface area contributed by atoms with Gasteiger partial charge in [-0.3, -0.25) is 0 Å². The maximum atomic E-state index is 5.41. The molecule has 0 aliphatic rings. The molecule has 2 heterocycles. The lowest BCUT2D eigenvalue weighted by Gasteiger charge is -1.96. The zero-order valence-corrected chi connectivity index (χ0v) is 9.27. The normalized spacial score (nSPS) is 10.6. The molecule has 0 atom stereocenters. The summed E-state index contributed by atoms with van der Waals surface area (Å²) in [6, 6.07) is 4.18. The van der Waals surface area contributed by atoms with Gasteiger partial charge in [0.15, 0.2) is 0 Å². The molecule has 5 heteroatoms. The topological polar surface area (TPSA) is 64.1 Å². The highest BCUT2D eigenvalue weighted by Gasteiger charge is 2.05. The van der Waals surface area contributed by atoms with Crippen LogP contribution in [-0.4, -0.2) is 10.2 Å². The Morgan fingerprint density at radius 2 is 2.31 bits per heavy atom. The lowest BCUT2D eigenvalue weighted by molar-refractivity contribution is 0.485. The Morgan fingerprint density at radius 1 is 1.38 bits per heavy atom. The minimum absolute atomic E-state index is 0.447. The first-order valence-corrected chi connectivity index (χ1v) is 5.47. The summed E-state index contributed by atoms with van der Waals surface area (Å²) in [6.07, 6.45) is 4.67. The molecule has 5 nitrogen and oxygen atoms in total. The van der Waals surface area contributed by atoms with Gasteiger partial charge in [-0.1, -0.05) is 18.4 Å². The highest BCUT2D eigenvalue weighted by molar-refractivity contribution is 5.18. The van der Waals surface area contributed by atoms with Crippen LogP contribution in [0.1, 0.15) is 31.4 Å². The summed E-state index contributed by atoms with van der Waals surface area (Å²) in [5.41, 5.74) is 0. The minimum Gasteiger partial charge on any atom is -0.467 e. The molecule has 0 amide bonds. The van der Waals surface area contributed by atoms with Crippen molar-refractivity contribution in [3.63, 3.8) is 0 Å². The fourth-order valence-electron chi connectivity index (χ4n) is 1.33. The summed E-state index contributed by atoms with van der Waals surface area (Å²) in [6.45, 7) is 2.69. The quantitative estimate of drug-likeness (QED) is 0.812. The fourth-order valence-corrected chi connectivity index (χ4v) is 1.33. The van der Waals surface area contributed by atoms with Crippen LogP contribution in [0.15, 0.2) is 27.2 Å². The molecule has 2 rings (SSSR count). The highest BCUT2D eigenvalue weighted by Crippen LogP contribution is 2.10. The minimum atomic E-state index is 0.447. The second-order valence-electron chi connectivity index (χ2n) is 3.54. The predicted octanol–water partition coefficient (Wildman–Crippen LogP) is 2.62. The van der Waals surface area contributed by atoms with Gasteiger partial charge >= 0.3 is 6.01 Å². The van der Waals surface area contributed by atoms with E-state index in [-0.39, 0.29) is 0 Å². The fraction of sp³-hybridized carbons (Fsp3) is 0.455. The SMILES string of the molecule is CCCCc1nnc(NCc2ccco2)o1. The van der Waals surface area contributed by atoms with Crippen molar-refractivity contribution in [2.45, 2.75) is 32.7 Å². The van der Waals surface area contributed by atoms with Crippen molar-refractivity contribution in [1.29, 1.82) is 0 Å². The van der Waals surface area contributed by atoms with E-state index in [1.165, 1.54) is 0 Å². The van der Waals surface area contributed by atoms with Crippen molar-refractivity contribution in [2.75, 3.05) is 5.32 Å². The third kappa shape index (κ3) is 2.85. The Balaban J connectivity index is 1.83. The third-order valence-electron chi connectivity index (χ3n) is 2.20. The molecule has 0 spiro atoms. The van der Waals surface area contributed by atoms with Gasteiger partial charge < -0.3 is 14.2 Å². The van der Waals surface area contributed by atoms with E-state index in [1.54, 1.807) is 6.26 Å². The van der Waals surface area contributed by atoms with Crippen LogP contribution in [-0.2, 0) is 13.0 Å². The summed E-state index contributed by atoms with van der Waals surface area (Å²) in [7, 11) is 0. The molecule has 2 aromatic heterocycles. The van der Waals surface area contributed by atoms with E-state index in [4.69, 9.17) is 8.83 Å². The molecule has 16 heavy (non-hydrogen) atoms. The summed E-state index contributed by atoms with van der Waals surface area (Å²) in [4.78, 5) is 0. The van der Waals surface area contributed by atoms with E-state index in [9.17, 15) is 0 Å². The molecular weight excluding hydrogens is 206 g/mol. The Bertz CT molecular complexity index is 409. The van der Waals surface area contributed by atoms with Gasteiger partial charge in [-0.05, 0) is 18.6 Å². The monoisotopic (exact) mass is 221 g/mol. The number of anilines is 1. The van der Waals surface area contributed by atoms with Gasteiger partial charge in [0.1, 0.15) is 5.76 Å². The van der Waals surface area contributed by atoms with Gasteiger partial charge in [-0.2, -0.15) is 0 Å². The third-order valence-corrected chi connectivity index (χ3v) is 2.20. The lowest BCUT2D eigenvalue weighted by Crippen LogP contribution is -1.97. The van der Waals surface area contributed by atoms with Gasteiger partial charge in [0.2, 0.25) is 5.89 Å². The number of aromatic nitrogens is 2. The van der Waals surface area contributed by atoms with E-state index in [2.05, 4.69) is 22.4 Å². The number of nitrogens with zero attached hydrogens (tertiary/aromatic N) is 2. The van der Waals surface area contributed by atoms with Crippen LogP contribution in [0, 0.1) is 0 Å². The molecule has 0 radical (unpaired) electrons. The number of nitrogens with one attached hydrogen (secondary N) is 1. The highest BCUT2D eigenvalue weighted by atomic mass is 16.4. The van der Waals surface area contributed by atoms with Crippen LogP contribution in [0.25, 0.3) is 0 Å². The van der Waals surface area contributed by atoms with Crippen LogP contribution in [0.5, 0.6) is 0 Å². The zero-order chi connectivity index (χ0) is 11.2. The number of aryl methyl sites for hydroxylation is 1. The summed E-state index contributed by atoms with van der Waals surface area (Å²) in [5.74, 6) is 1.53. The Labute approximate surface area is 93.9 Å². The largest absolute Gasteiger partial charge is 0.467 e. The smallest absolute Gasteiger partial charge is 0.315 e. The molecular formula is C11H15N3O2. The van der Waals surface area contributed by atoms with Gasteiger partial charge in [-0.15, -0.1) is 5.10 Å². The van der Waals surface area contributed by atoms with Crippen LogP contribution >= 0.6 is 0 Å². The van der Waals surface area contributed by atoms with Crippen molar-refractivity contribution in [2.24, 2.45) is 0 Å². The molecule has 0 saturated heterocycles. The molecule has 0 unspecified atom stereocenters. The molecule has 1 N–H and O–H groups in total. The van der Waals surface area contributed by atoms with Crippen molar-refractivity contribution < 1.29 is 8.83 Å². The van der Waals surface area contributed by atoms with Crippen molar-refractivity contribution >= 4 is 6.01 Å². The summed E-state index contributed by atoms with van der Waals surface area (Å²) in [5, 5.41) is 10.9. The van der Waals surface area contributed by atoms with E-state index in [0.29, 0.717) is 18.5 Å². The van der Waals surface area contributed by atoms with E-state index < -0.39 is 0 Å². The summed E-state index contributed by atoms with van der Waals surface area (Å²) >= 11 is 0. The van der Waals surface area contributed by atoms with Gasteiger partial charge in [0.05, 0.1) is 12.8 Å². The maximum absolute atomic E-state index is 5.41. The number of rotatable bonds is 6. The molecule has 2 aromatic rings. The molecule has 0 aliphatic heterocycles. The predicted molar refractivity (Wildman–Crippen MR) is 58.9 cm³/mol. The van der Waals surface area contributed by atoms with Gasteiger partial charge in [-0.25, -0.2) is 0 Å². The average molecular weight is 221 g/mol. The second kappa shape index (κ2) is 5.34. The Hall–Kier alpha value is -1.78. The first-order chi connectivity index (χ1) is 7.88. The number of hydrogen-bond acceptors (Lipinski definition) is 5.